The Hall–Kier alpha value is -1.55. The molecule has 0 heterocycles. The predicted octanol–water partition coefficient (Wildman–Crippen LogP) is 2.59. The van der Waals surface area contributed by atoms with E-state index in [2.05, 4.69) is 6.92 Å². The van der Waals surface area contributed by atoms with Crippen molar-refractivity contribution in [3.8, 4) is 5.75 Å². The molecule has 1 saturated carbocycles. The number of amides is 1. The lowest BCUT2D eigenvalue weighted by Gasteiger charge is -2.33. The zero-order valence-electron chi connectivity index (χ0n) is 12.9. The molecular formula is C17H25NO3. The maximum atomic E-state index is 12.2. The predicted molar refractivity (Wildman–Crippen MR) is 82.0 cm³/mol. The van der Waals surface area contributed by atoms with Gasteiger partial charge in [-0.25, -0.2) is 0 Å². The van der Waals surface area contributed by atoms with Crippen LogP contribution in [0.25, 0.3) is 0 Å². The van der Waals surface area contributed by atoms with Crippen LogP contribution in [0.5, 0.6) is 5.75 Å². The van der Waals surface area contributed by atoms with Crippen molar-refractivity contribution in [2.45, 2.75) is 45.3 Å². The van der Waals surface area contributed by atoms with Crippen molar-refractivity contribution >= 4 is 5.91 Å². The van der Waals surface area contributed by atoms with Crippen LogP contribution >= 0.6 is 0 Å². The molecule has 1 N–H and O–H groups in total. The van der Waals surface area contributed by atoms with Crippen LogP contribution in [0.3, 0.4) is 0 Å². The highest BCUT2D eigenvalue weighted by molar-refractivity contribution is 5.77. The van der Waals surface area contributed by atoms with Gasteiger partial charge in [0.25, 0.3) is 5.91 Å². The summed E-state index contributed by atoms with van der Waals surface area (Å²) >= 11 is 0. The lowest BCUT2D eigenvalue weighted by molar-refractivity contribution is -0.134. The average Bonchev–Trinajstić information content (AvgIpc) is 2.52. The smallest absolute Gasteiger partial charge is 0.260 e. The van der Waals surface area contributed by atoms with Gasteiger partial charge in [0.2, 0.25) is 0 Å². The molecule has 116 valence electrons. The molecule has 2 rings (SSSR count). The van der Waals surface area contributed by atoms with Crippen molar-refractivity contribution in [3.63, 3.8) is 0 Å². The molecule has 0 unspecified atom stereocenters. The quantitative estimate of drug-likeness (QED) is 0.907. The van der Waals surface area contributed by atoms with Gasteiger partial charge in [0.1, 0.15) is 5.75 Å². The normalized spacial score (nSPS) is 21.9. The van der Waals surface area contributed by atoms with Gasteiger partial charge < -0.3 is 14.7 Å². The summed E-state index contributed by atoms with van der Waals surface area (Å²) in [6.07, 6.45) is 4.54. The molecule has 4 nitrogen and oxygen atoms in total. The van der Waals surface area contributed by atoms with E-state index in [1.807, 2.05) is 24.1 Å². The Kier molecular flexibility index (Phi) is 5.62. The fourth-order valence-electron chi connectivity index (χ4n) is 2.85. The van der Waals surface area contributed by atoms with Crippen molar-refractivity contribution in [2.24, 2.45) is 5.92 Å². The lowest BCUT2D eigenvalue weighted by Crippen LogP contribution is -2.41. The zero-order chi connectivity index (χ0) is 15.2. The minimum absolute atomic E-state index is 0.00213. The molecule has 21 heavy (non-hydrogen) atoms. The van der Waals surface area contributed by atoms with Gasteiger partial charge in [-0.3, -0.25) is 4.79 Å². The molecule has 1 aromatic carbocycles. The highest BCUT2D eigenvalue weighted by atomic mass is 16.5. The highest BCUT2D eigenvalue weighted by Gasteiger charge is 2.24. The molecule has 0 saturated heterocycles. The number of benzene rings is 1. The number of ether oxygens (including phenoxy) is 1. The number of carbonyl (C=O) groups excluding carboxylic acids is 1. The first-order chi connectivity index (χ1) is 10.1. The van der Waals surface area contributed by atoms with E-state index in [4.69, 9.17) is 4.74 Å². The number of hydrogen-bond acceptors (Lipinski definition) is 3. The standard InChI is InChI=1S/C17H25NO3/c1-13-7-9-15(10-8-13)18(2)17(20)12-21-16-6-4-3-5-14(16)11-19/h3-6,13,15,19H,7-12H2,1-2H3. The summed E-state index contributed by atoms with van der Waals surface area (Å²) < 4.78 is 5.57. The van der Waals surface area contributed by atoms with Gasteiger partial charge in [-0.1, -0.05) is 25.1 Å². The molecule has 0 spiro atoms. The molecule has 1 fully saturated rings. The Balaban J connectivity index is 1.86. The van der Waals surface area contributed by atoms with E-state index in [-0.39, 0.29) is 19.1 Å². The summed E-state index contributed by atoms with van der Waals surface area (Å²) in [6, 6.07) is 7.60. The number of aliphatic hydroxyl groups excluding tert-OH is 1. The summed E-state index contributed by atoms with van der Waals surface area (Å²) in [7, 11) is 1.87. The van der Waals surface area contributed by atoms with Crippen LogP contribution in [0.2, 0.25) is 0 Å². The van der Waals surface area contributed by atoms with Crippen molar-refractivity contribution < 1.29 is 14.6 Å². The maximum Gasteiger partial charge on any atom is 0.260 e. The van der Waals surface area contributed by atoms with Crippen molar-refractivity contribution in [1.29, 1.82) is 0 Å². The highest BCUT2D eigenvalue weighted by Crippen LogP contribution is 2.26. The van der Waals surface area contributed by atoms with Crippen molar-refractivity contribution in [3.05, 3.63) is 29.8 Å². The van der Waals surface area contributed by atoms with E-state index in [9.17, 15) is 9.90 Å². The van der Waals surface area contributed by atoms with E-state index in [1.165, 1.54) is 12.8 Å². The SMILES string of the molecule is CC1CCC(N(C)C(=O)COc2ccccc2CO)CC1. The molecule has 1 aliphatic carbocycles. The van der Waals surface area contributed by atoms with Crippen LogP contribution in [0.15, 0.2) is 24.3 Å². The number of rotatable bonds is 5. The monoisotopic (exact) mass is 291 g/mol. The number of hydrogen-bond donors (Lipinski definition) is 1. The van der Waals surface area contributed by atoms with Gasteiger partial charge in [0.05, 0.1) is 6.61 Å². The number of aliphatic hydroxyl groups is 1. The summed E-state index contributed by atoms with van der Waals surface area (Å²) in [5.74, 6) is 1.36. The molecule has 1 amide bonds. The second-order valence-electron chi connectivity index (χ2n) is 5.97. The Morgan fingerprint density at radius 1 is 1.29 bits per heavy atom. The maximum absolute atomic E-state index is 12.2. The number of carbonyl (C=O) groups is 1. The first kappa shape index (κ1) is 15.8. The van der Waals surface area contributed by atoms with E-state index in [0.29, 0.717) is 17.4 Å². The first-order valence-corrected chi connectivity index (χ1v) is 7.69. The van der Waals surface area contributed by atoms with E-state index in [0.717, 1.165) is 18.8 Å². The van der Waals surface area contributed by atoms with Gasteiger partial charge in [-0.15, -0.1) is 0 Å². The number of likely N-dealkylation sites (N-methyl/N-ethyl adjacent to an activating group) is 1. The van der Waals surface area contributed by atoms with Crippen LogP contribution < -0.4 is 4.74 Å². The van der Waals surface area contributed by atoms with Crippen LogP contribution in [-0.2, 0) is 11.4 Å². The Labute approximate surface area is 126 Å². The molecule has 4 heteroatoms. The van der Waals surface area contributed by atoms with Crippen molar-refractivity contribution in [1.82, 2.24) is 4.90 Å². The van der Waals surface area contributed by atoms with Gasteiger partial charge >= 0.3 is 0 Å². The van der Waals surface area contributed by atoms with Crippen LogP contribution in [-0.4, -0.2) is 35.6 Å². The van der Waals surface area contributed by atoms with Gasteiger partial charge in [0, 0.05) is 18.7 Å². The minimum Gasteiger partial charge on any atom is -0.483 e. The largest absolute Gasteiger partial charge is 0.483 e. The van der Waals surface area contributed by atoms with Gasteiger partial charge in [-0.05, 0) is 37.7 Å². The molecule has 0 bridgehead atoms. The second kappa shape index (κ2) is 7.46. The summed E-state index contributed by atoms with van der Waals surface area (Å²) in [6.45, 7) is 2.22. The van der Waals surface area contributed by atoms with E-state index < -0.39 is 0 Å². The molecule has 1 aliphatic rings. The summed E-state index contributed by atoms with van der Waals surface area (Å²) in [5.41, 5.74) is 0.708. The first-order valence-electron chi connectivity index (χ1n) is 7.69. The van der Waals surface area contributed by atoms with Crippen molar-refractivity contribution in [2.75, 3.05) is 13.7 Å². The third-order valence-corrected chi connectivity index (χ3v) is 4.42. The number of nitrogens with zero attached hydrogens (tertiary/aromatic N) is 1. The van der Waals surface area contributed by atoms with E-state index >= 15 is 0 Å². The summed E-state index contributed by atoms with van der Waals surface area (Å²) in [5, 5.41) is 9.25. The molecule has 0 atom stereocenters. The van der Waals surface area contributed by atoms with Crippen LogP contribution in [0.1, 0.15) is 38.2 Å². The summed E-state index contributed by atoms with van der Waals surface area (Å²) in [4.78, 5) is 14.1. The van der Waals surface area contributed by atoms with Crippen LogP contribution in [0.4, 0.5) is 0 Å². The third-order valence-electron chi connectivity index (χ3n) is 4.42. The third kappa shape index (κ3) is 4.21. The lowest BCUT2D eigenvalue weighted by atomic mass is 9.87. The Bertz CT molecular complexity index is 467. The Morgan fingerprint density at radius 2 is 1.95 bits per heavy atom. The van der Waals surface area contributed by atoms with E-state index in [1.54, 1.807) is 12.1 Å². The Morgan fingerprint density at radius 3 is 2.62 bits per heavy atom. The zero-order valence-corrected chi connectivity index (χ0v) is 12.9. The molecule has 1 aromatic rings. The minimum atomic E-state index is -0.0826. The number of para-hydroxylation sites is 1. The second-order valence-corrected chi connectivity index (χ2v) is 5.97. The fraction of sp³-hybridized carbons (Fsp3) is 0.588. The fourth-order valence-corrected chi connectivity index (χ4v) is 2.85. The topological polar surface area (TPSA) is 49.8 Å². The van der Waals surface area contributed by atoms with Crippen LogP contribution in [0, 0.1) is 5.92 Å². The van der Waals surface area contributed by atoms with Gasteiger partial charge in [0.15, 0.2) is 6.61 Å². The molecule has 0 aromatic heterocycles. The average molecular weight is 291 g/mol. The van der Waals surface area contributed by atoms with Gasteiger partial charge in [-0.2, -0.15) is 0 Å². The molecule has 0 radical (unpaired) electrons. The molecular weight excluding hydrogens is 266 g/mol. The molecule has 0 aliphatic heterocycles.